The van der Waals surface area contributed by atoms with E-state index in [4.69, 9.17) is 9.84 Å². The first kappa shape index (κ1) is 20.2. The van der Waals surface area contributed by atoms with Crippen molar-refractivity contribution in [2.45, 2.75) is 26.4 Å². The summed E-state index contributed by atoms with van der Waals surface area (Å²) >= 11 is 0. The Morgan fingerprint density at radius 1 is 1.00 bits per heavy atom. The van der Waals surface area contributed by atoms with Gasteiger partial charge in [-0.3, -0.25) is 10.1 Å². The molecule has 0 bridgehead atoms. The quantitative estimate of drug-likeness (QED) is 0.735. The van der Waals surface area contributed by atoms with Crippen LogP contribution in [0.5, 0.6) is 0 Å². The van der Waals surface area contributed by atoms with Gasteiger partial charge in [-0.1, -0.05) is 36.4 Å². The molecule has 2 aromatic carbocycles. The van der Waals surface area contributed by atoms with Crippen molar-refractivity contribution in [3.63, 3.8) is 0 Å². The van der Waals surface area contributed by atoms with Gasteiger partial charge in [0.1, 0.15) is 5.60 Å². The molecule has 0 aliphatic carbocycles. The minimum absolute atomic E-state index is 0.0380. The molecule has 6 heteroatoms. The summed E-state index contributed by atoms with van der Waals surface area (Å²) in [5, 5.41) is 14.2. The average molecular weight is 368 g/mol. The highest BCUT2D eigenvalue weighted by molar-refractivity contribution is 6.06. The highest BCUT2D eigenvalue weighted by atomic mass is 16.6. The lowest BCUT2D eigenvalue weighted by Gasteiger charge is -2.20. The lowest BCUT2D eigenvalue weighted by atomic mass is 10.1. The maximum absolute atomic E-state index is 12.5. The summed E-state index contributed by atoms with van der Waals surface area (Å²) in [5.74, 6) is -0.300. The standard InChI is InChI=1S/C21H24N2O4/c1-21(2,3)27-20(26)23-18-9-5-4-8-17(18)22-19(25)16-12-10-15(11-13-16)7-6-14-24/h4-13,24H,14H2,1-3H3,(H,22,25)(H,23,26)/b7-6+. The van der Waals surface area contributed by atoms with E-state index in [0.29, 0.717) is 16.9 Å². The fraction of sp³-hybridized carbons (Fsp3) is 0.238. The van der Waals surface area contributed by atoms with Crippen molar-refractivity contribution >= 4 is 29.5 Å². The average Bonchev–Trinajstić information content (AvgIpc) is 2.60. The van der Waals surface area contributed by atoms with Crippen molar-refractivity contribution in [1.29, 1.82) is 0 Å². The van der Waals surface area contributed by atoms with Gasteiger partial charge in [0.05, 0.1) is 18.0 Å². The lowest BCUT2D eigenvalue weighted by molar-refractivity contribution is 0.0635. The Kier molecular flexibility index (Phi) is 6.73. The maximum Gasteiger partial charge on any atom is 0.412 e. The van der Waals surface area contributed by atoms with Crippen LogP contribution in [-0.4, -0.2) is 29.3 Å². The molecule has 3 N–H and O–H groups in total. The van der Waals surface area contributed by atoms with Crippen molar-refractivity contribution in [3.05, 3.63) is 65.7 Å². The molecule has 0 fully saturated rings. The Balaban J connectivity index is 2.09. The van der Waals surface area contributed by atoms with Gasteiger partial charge in [-0.25, -0.2) is 4.79 Å². The summed E-state index contributed by atoms with van der Waals surface area (Å²) in [5.41, 5.74) is 1.66. The Hall–Kier alpha value is -3.12. The van der Waals surface area contributed by atoms with E-state index in [2.05, 4.69) is 10.6 Å². The maximum atomic E-state index is 12.5. The van der Waals surface area contributed by atoms with E-state index in [9.17, 15) is 9.59 Å². The fourth-order valence-electron chi connectivity index (χ4n) is 2.24. The van der Waals surface area contributed by atoms with Crippen LogP contribution >= 0.6 is 0 Å². The molecule has 0 aliphatic heterocycles. The molecule has 2 rings (SSSR count). The first-order chi connectivity index (χ1) is 12.8. The van der Waals surface area contributed by atoms with Crippen LogP contribution in [0.2, 0.25) is 0 Å². The normalized spacial score (nSPS) is 11.3. The number of hydrogen-bond donors (Lipinski definition) is 3. The fourth-order valence-corrected chi connectivity index (χ4v) is 2.24. The van der Waals surface area contributed by atoms with Crippen LogP contribution in [0.4, 0.5) is 16.2 Å². The van der Waals surface area contributed by atoms with Crippen LogP contribution in [0.15, 0.2) is 54.6 Å². The third kappa shape index (κ3) is 6.60. The first-order valence-electron chi connectivity index (χ1n) is 8.56. The highest BCUT2D eigenvalue weighted by Gasteiger charge is 2.17. The number of hydrogen-bond acceptors (Lipinski definition) is 4. The second-order valence-electron chi connectivity index (χ2n) is 6.83. The molecule has 2 amide bonds. The minimum Gasteiger partial charge on any atom is -0.444 e. The van der Waals surface area contributed by atoms with Gasteiger partial charge >= 0.3 is 6.09 Å². The van der Waals surface area contributed by atoms with E-state index < -0.39 is 11.7 Å². The van der Waals surface area contributed by atoms with Gasteiger partial charge < -0.3 is 15.2 Å². The molecule has 0 heterocycles. The van der Waals surface area contributed by atoms with Crippen LogP contribution in [0.1, 0.15) is 36.7 Å². The summed E-state index contributed by atoms with van der Waals surface area (Å²) in [7, 11) is 0. The van der Waals surface area contributed by atoms with Crippen molar-refractivity contribution in [3.8, 4) is 0 Å². The predicted octanol–water partition coefficient (Wildman–Crippen LogP) is 4.29. The number of anilines is 2. The molecule has 0 spiro atoms. The minimum atomic E-state index is -0.617. The molecule has 27 heavy (non-hydrogen) atoms. The molecular weight excluding hydrogens is 344 g/mol. The summed E-state index contributed by atoms with van der Waals surface area (Å²) in [6, 6.07) is 13.8. The smallest absolute Gasteiger partial charge is 0.412 e. The number of para-hydroxylation sites is 2. The Labute approximate surface area is 158 Å². The zero-order chi connectivity index (χ0) is 19.9. The zero-order valence-electron chi connectivity index (χ0n) is 15.7. The molecule has 0 saturated heterocycles. The van der Waals surface area contributed by atoms with Crippen LogP contribution in [0.3, 0.4) is 0 Å². The number of carbonyl (C=O) groups excluding carboxylic acids is 2. The Bertz CT molecular complexity index is 821. The summed E-state index contributed by atoms with van der Waals surface area (Å²) in [6.45, 7) is 5.29. The second-order valence-corrected chi connectivity index (χ2v) is 6.83. The lowest BCUT2D eigenvalue weighted by Crippen LogP contribution is -2.27. The molecule has 0 aliphatic rings. The predicted molar refractivity (Wildman–Crippen MR) is 107 cm³/mol. The number of rotatable bonds is 5. The van der Waals surface area contributed by atoms with Gasteiger partial charge in [0, 0.05) is 5.56 Å². The van der Waals surface area contributed by atoms with Gasteiger partial charge in [0.15, 0.2) is 0 Å². The van der Waals surface area contributed by atoms with Gasteiger partial charge in [-0.05, 0) is 50.6 Å². The van der Waals surface area contributed by atoms with E-state index in [1.807, 2.05) is 0 Å². The van der Waals surface area contributed by atoms with E-state index in [-0.39, 0.29) is 12.5 Å². The third-order valence-electron chi connectivity index (χ3n) is 3.40. The molecular formula is C21H24N2O4. The van der Waals surface area contributed by atoms with Crippen LogP contribution in [0.25, 0.3) is 6.08 Å². The first-order valence-corrected chi connectivity index (χ1v) is 8.56. The van der Waals surface area contributed by atoms with Crippen molar-refractivity contribution in [2.24, 2.45) is 0 Å². The van der Waals surface area contributed by atoms with Crippen LogP contribution in [0, 0.1) is 0 Å². The number of benzene rings is 2. The van der Waals surface area contributed by atoms with Gasteiger partial charge in [0.2, 0.25) is 0 Å². The Morgan fingerprint density at radius 3 is 2.15 bits per heavy atom. The van der Waals surface area contributed by atoms with Gasteiger partial charge in [-0.15, -0.1) is 0 Å². The summed E-state index contributed by atoms with van der Waals surface area (Å²) in [6.07, 6.45) is 2.79. The number of aliphatic hydroxyl groups is 1. The molecule has 142 valence electrons. The summed E-state index contributed by atoms with van der Waals surface area (Å²) < 4.78 is 5.24. The van der Waals surface area contributed by atoms with Gasteiger partial charge in [-0.2, -0.15) is 0 Å². The largest absolute Gasteiger partial charge is 0.444 e. The molecule has 0 unspecified atom stereocenters. The van der Waals surface area contributed by atoms with E-state index in [1.165, 1.54) is 0 Å². The highest BCUT2D eigenvalue weighted by Crippen LogP contribution is 2.23. The third-order valence-corrected chi connectivity index (χ3v) is 3.40. The SMILES string of the molecule is CC(C)(C)OC(=O)Nc1ccccc1NC(=O)c1ccc(/C=C/CO)cc1. The van der Waals surface area contributed by atoms with Crippen molar-refractivity contribution < 1.29 is 19.4 Å². The van der Waals surface area contributed by atoms with Crippen LogP contribution < -0.4 is 10.6 Å². The number of carbonyl (C=O) groups is 2. The van der Waals surface area contributed by atoms with Gasteiger partial charge in [0.25, 0.3) is 5.91 Å². The van der Waals surface area contributed by atoms with E-state index in [0.717, 1.165) is 5.56 Å². The molecule has 2 aromatic rings. The van der Waals surface area contributed by atoms with Crippen molar-refractivity contribution in [2.75, 3.05) is 17.2 Å². The number of ether oxygens (including phenoxy) is 1. The van der Waals surface area contributed by atoms with E-state index in [1.54, 1.807) is 81.5 Å². The number of nitrogens with one attached hydrogen (secondary N) is 2. The molecule has 0 saturated carbocycles. The topological polar surface area (TPSA) is 87.7 Å². The number of amides is 2. The van der Waals surface area contributed by atoms with E-state index >= 15 is 0 Å². The molecule has 6 nitrogen and oxygen atoms in total. The van der Waals surface area contributed by atoms with Crippen LogP contribution in [-0.2, 0) is 4.74 Å². The monoisotopic (exact) mass is 368 g/mol. The van der Waals surface area contributed by atoms with Crippen molar-refractivity contribution in [1.82, 2.24) is 0 Å². The number of aliphatic hydroxyl groups excluding tert-OH is 1. The molecule has 0 atom stereocenters. The Morgan fingerprint density at radius 2 is 1.59 bits per heavy atom. The molecule has 0 aromatic heterocycles. The zero-order valence-corrected chi connectivity index (χ0v) is 15.7. The summed E-state index contributed by atoms with van der Waals surface area (Å²) in [4.78, 5) is 24.5. The second kappa shape index (κ2) is 9.00. The molecule has 0 radical (unpaired) electrons.